The number of unbranched alkanes of at least 4 members (excludes halogenated alkanes) is 1. The first-order chi connectivity index (χ1) is 16.0. The van der Waals surface area contributed by atoms with E-state index in [1.165, 1.54) is 12.1 Å². The Labute approximate surface area is 200 Å². The normalized spacial score (nSPS) is 11.9. The molecule has 3 aromatic rings. The van der Waals surface area contributed by atoms with Crippen LogP contribution in [0.25, 0.3) is 0 Å². The monoisotopic (exact) mass is 482 g/mol. The Morgan fingerprint density at radius 3 is 2.15 bits per heavy atom. The van der Waals surface area contributed by atoms with Crippen LogP contribution in [0.1, 0.15) is 53.7 Å². The van der Waals surface area contributed by atoms with Crippen molar-refractivity contribution in [3.8, 4) is 11.5 Å². The average molecular weight is 483 g/mol. The van der Waals surface area contributed by atoms with Crippen LogP contribution in [-0.4, -0.2) is 37.0 Å². The third kappa shape index (κ3) is 5.97. The predicted octanol–water partition coefficient (Wildman–Crippen LogP) is 5.36. The first kappa shape index (κ1) is 25.3. The molecule has 0 saturated heterocycles. The zero-order valence-corrected chi connectivity index (χ0v) is 20.4. The summed E-state index contributed by atoms with van der Waals surface area (Å²) in [7, 11) is -3.29. The Morgan fingerprint density at radius 1 is 0.912 bits per heavy atom. The van der Waals surface area contributed by atoms with Gasteiger partial charge in [0.15, 0.2) is 9.84 Å². The summed E-state index contributed by atoms with van der Waals surface area (Å²) in [5.74, 6) is -0.678. The predicted molar refractivity (Wildman–Crippen MR) is 132 cm³/mol. The number of phenols is 1. The molecule has 6 nitrogen and oxygen atoms in total. The van der Waals surface area contributed by atoms with Crippen molar-refractivity contribution < 1.29 is 28.2 Å². The molecule has 0 amide bonds. The minimum atomic E-state index is -3.29. The second-order valence-electron chi connectivity index (χ2n) is 8.87. The van der Waals surface area contributed by atoms with Gasteiger partial charge in [0.25, 0.3) is 0 Å². The SMILES string of the molecule is Cc1ccc(S(=O)(=O)CCCCOc2ccc(C(C)(C)c3ccc(O)c(C(=O)O)c3)cc2)cc1. The van der Waals surface area contributed by atoms with E-state index in [-0.39, 0.29) is 17.1 Å². The lowest BCUT2D eigenvalue weighted by Crippen LogP contribution is -2.19. The smallest absolute Gasteiger partial charge is 0.339 e. The fourth-order valence-corrected chi connectivity index (χ4v) is 5.05. The van der Waals surface area contributed by atoms with Crippen LogP contribution >= 0.6 is 0 Å². The van der Waals surface area contributed by atoms with Gasteiger partial charge < -0.3 is 14.9 Å². The zero-order valence-electron chi connectivity index (χ0n) is 19.6. The van der Waals surface area contributed by atoms with Crippen LogP contribution < -0.4 is 4.74 Å². The largest absolute Gasteiger partial charge is 0.507 e. The zero-order chi connectivity index (χ0) is 24.9. The van der Waals surface area contributed by atoms with E-state index < -0.39 is 21.2 Å². The van der Waals surface area contributed by atoms with Gasteiger partial charge in [-0.3, -0.25) is 0 Å². The van der Waals surface area contributed by atoms with E-state index in [0.29, 0.717) is 30.1 Å². The van der Waals surface area contributed by atoms with Crippen LogP contribution in [0.2, 0.25) is 0 Å². The number of hydrogen-bond acceptors (Lipinski definition) is 5. The van der Waals surface area contributed by atoms with Gasteiger partial charge in [-0.05, 0) is 67.3 Å². The van der Waals surface area contributed by atoms with Crippen molar-refractivity contribution in [3.05, 3.63) is 89.0 Å². The highest BCUT2D eigenvalue weighted by Gasteiger charge is 2.25. The number of hydrogen-bond donors (Lipinski definition) is 2. The number of benzene rings is 3. The molecule has 0 unspecified atom stereocenters. The topological polar surface area (TPSA) is 101 Å². The molecule has 0 saturated carbocycles. The molecule has 0 aromatic heterocycles. The van der Waals surface area contributed by atoms with Crippen molar-refractivity contribution in [3.63, 3.8) is 0 Å². The van der Waals surface area contributed by atoms with E-state index in [2.05, 4.69) is 0 Å². The van der Waals surface area contributed by atoms with Gasteiger partial charge in [-0.1, -0.05) is 49.7 Å². The summed E-state index contributed by atoms with van der Waals surface area (Å²) in [4.78, 5) is 11.7. The van der Waals surface area contributed by atoms with Gasteiger partial charge in [0, 0.05) is 5.41 Å². The molecule has 0 aliphatic heterocycles. The summed E-state index contributed by atoms with van der Waals surface area (Å²) in [5, 5.41) is 19.1. The number of aryl methyl sites for hydroxylation is 1. The van der Waals surface area contributed by atoms with Crippen molar-refractivity contribution in [2.45, 2.75) is 43.9 Å². The number of sulfone groups is 1. The lowest BCUT2D eigenvalue weighted by molar-refractivity contribution is 0.0693. The van der Waals surface area contributed by atoms with Gasteiger partial charge in [0.05, 0.1) is 17.3 Å². The first-order valence-corrected chi connectivity index (χ1v) is 12.8. The highest BCUT2D eigenvalue weighted by molar-refractivity contribution is 7.91. The third-order valence-electron chi connectivity index (χ3n) is 5.98. The molecule has 2 N–H and O–H groups in total. The molecule has 0 heterocycles. The van der Waals surface area contributed by atoms with E-state index >= 15 is 0 Å². The summed E-state index contributed by atoms with van der Waals surface area (Å²) in [6.07, 6.45) is 1.12. The van der Waals surface area contributed by atoms with Crippen LogP contribution in [0.4, 0.5) is 0 Å². The van der Waals surface area contributed by atoms with Crippen molar-refractivity contribution in [2.75, 3.05) is 12.4 Å². The number of carbonyl (C=O) groups is 1. The second-order valence-corrected chi connectivity index (χ2v) is 11.0. The molecular weight excluding hydrogens is 452 g/mol. The Bertz CT molecular complexity index is 1240. The van der Waals surface area contributed by atoms with Crippen LogP contribution in [0.15, 0.2) is 71.6 Å². The van der Waals surface area contributed by atoms with Crippen LogP contribution in [0, 0.1) is 6.92 Å². The Kier molecular flexibility index (Phi) is 7.67. The maximum Gasteiger partial charge on any atom is 0.339 e. The summed E-state index contributed by atoms with van der Waals surface area (Å²) in [6, 6.07) is 19.0. The molecule has 0 radical (unpaired) electrons. The highest BCUT2D eigenvalue weighted by atomic mass is 32.2. The van der Waals surface area contributed by atoms with Gasteiger partial charge in [-0.15, -0.1) is 0 Å². The minimum absolute atomic E-state index is 0.0809. The third-order valence-corrected chi connectivity index (χ3v) is 7.80. The molecule has 180 valence electrons. The van der Waals surface area contributed by atoms with Crippen LogP contribution in [0.3, 0.4) is 0 Å². The second kappa shape index (κ2) is 10.3. The van der Waals surface area contributed by atoms with Gasteiger partial charge in [-0.25, -0.2) is 13.2 Å². The summed E-state index contributed by atoms with van der Waals surface area (Å²) in [5.41, 5.74) is 2.14. The molecule has 0 spiro atoms. The van der Waals surface area contributed by atoms with Gasteiger partial charge in [0.2, 0.25) is 0 Å². The lowest BCUT2D eigenvalue weighted by atomic mass is 9.77. The number of carboxylic acids is 1. The lowest BCUT2D eigenvalue weighted by Gasteiger charge is -2.27. The summed E-state index contributed by atoms with van der Waals surface area (Å²) in [6.45, 7) is 6.29. The van der Waals surface area contributed by atoms with Crippen LogP contribution in [0.5, 0.6) is 11.5 Å². The molecular formula is C27H30O6S. The highest BCUT2D eigenvalue weighted by Crippen LogP contribution is 2.34. The Balaban J connectivity index is 1.55. The van der Waals surface area contributed by atoms with Crippen LogP contribution in [-0.2, 0) is 15.3 Å². The first-order valence-electron chi connectivity index (χ1n) is 11.1. The van der Waals surface area contributed by atoms with E-state index in [1.807, 2.05) is 45.0 Å². The molecule has 0 aliphatic carbocycles. The van der Waals surface area contributed by atoms with Crippen molar-refractivity contribution in [2.24, 2.45) is 0 Å². The van der Waals surface area contributed by atoms with Gasteiger partial charge >= 0.3 is 5.97 Å². The van der Waals surface area contributed by atoms with Gasteiger partial charge in [0.1, 0.15) is 17.1 Å². The van der Waals surface area contributed by atoms with Gasteiger partial charge in [-0.2, -0.15) is 0 Å². The standard InChI is InChI=1S/C27H30O6S/c1-19-6-13-23(14-7-19)34(31,32)17-5-4-16-33-22-11-8-20(9-12-22)27(2,3)21-10-15-25(28)24(18-21)26(29)30/h6-15,18,28H,4-5,16-17H2,1-3H3,(H,29,30). The molecule has 3 rings (SSSR count). The Hall–Kier alpha value is -3.32. The van der Waals surface area contributed by atoms with E-state index in [1.54, 1.807) is 30.3 Å². The minimum Gasteiger partial charge on any atom is -0.507 e. The summed E-state index contributed by atoms with van der Waals surface area (Å²) >= 11 is 0. The number of aromatic carboxylic acids is 1. The van der Waals surface area contributed by atoms with E-state index in [0.717, 1.165) is 16.7 Å². The number of ether oxygens (including phenoxy) is 1. The molecule has 0 aliphatic rings. The maximum atomic E-state index is 12.4. The fraction of sp³-hybridized carbons (Fsp3) is 0.296. The molecule has 34 heavy (non-hydrogen) atoms. The molecule has 0 fully saturated rings. The quantitative estimate of drug-likeness (QED) is 0.378. The van der Waals surface area contributed by atoms with Crippen molar-refractivity contribution in [1.29, 1.82) is 0 Å². The Morgan fingerprint density at radius 2 is 1.53 bits per heavy atom. The number of carboxylic acid groups (broad SMARTS) is 1. The van der Waals surface area contributed by atoms with Crippen molar-refractivity contribution in [1.82, 2.24) is 0 Å². The van der Waals surface area contributed by atoms with E-state index in [9.17, 15) is 23.4 Å². The number of rotatable bonds is 10. The number of aromatic hydroxyl groups is 1. The van der Waals surface area contributed by atoms with Crippen molar-refractivity contribution >= 4 is 15.8 Å². The molecule has 3 aromatic carbocycles. The maximum absolute atomic E-state index is 12.4. The fourth-order valence-electron chi connectivity index (χ4n) is 3.68. The molecule has 0 bridgehead atoms. The average Bonchev–Trinajstić information content (AvgIpc) is 2.79. The van der Waals surface area contributed by atoms with E-state index in [4.69, 9.17) is 4.74 Å². The molecule has 7 heteroatoms. The summed E-state index contributed by atoms with van der Waals surface area (Å²) < 4.78 is 30.6. The molecule has 0 atom stereocenters.